The Morgan fingerprint density at radius 2 is 0.433 bits per heavy atom. The molecule has 0 aromatic carbocycles. The van der Waals surface area contributed by atoms with Gasteiger partial charge in [0.2, 0.25) is 0 Å². The second-order valence-corrected chi connectivity index (χ2v) is 9.11. The third-order valence-corrected chi connectivity index (χ3v) is 2.06. The molecule has 0 rings (SSSR count). The smallest absolute Gasteiger partial charge is 0.445 e. The molecule has 0 aliphatic heterocycles. The van der Waals surface area contributed by atoms with Gasteiger partial charge in [-0.25, -0.2) is 0 Å². The Kier molecular flexibility index (Phi) is 1800. The van der Waals surface area contributed by atoms with Gasteiger partial charge in [-0.1, -0.05) is 337 Å². The molecular weight excluding hydrogens is 3580 g/mol. The van der Waals surface area contributed by atoms with Gasteiger partial charge >= 0.3 is 65.5 Å². The van der Waals surface area contributed by atoms with Gasteiger partial charge in [-0.3, -0.25) is 0 Å². The fourth-order valence-electron chi connectivity index (χ4n) is 0. The van der Waals surface area contributed by atoms with Crippen LogP contribution < -0.4 is 51.4 Å². The van der Waals surface area contributed by atoms with E-state index in [9.17, 15) is 12.9 Å². The molecule has 0 aromatic heterocycles. The van der Waals surface area contributed by atoms with Gasteiger partial charge in [-0.05, 0) is 69.1 Å². The first kappa shape index (κ1) is 227. The van der Waals surface area contributed by atoms with E-state index in [0.29, 0.717) is 110 Å². The Morgan fingerprint density at radius 3 is 0.433 bits per heavy atom. The summed E-state index contributed by atoms with van der Waals surface area (Å²) >= 11 is 15.2. The van der Waals surface area contributed by atoms with Gasteiger partial charge in [0, 0.05) is 266 Å². The maximum Gasteiger partial charge on any atom is 1.00 e. The number of hydrogen-bond donors (Lipinski definition) is 2. The maximum atomic E-state index is 10.7. The largest absolute Gasteiger partial charge is 1.00 e. The SMILES string of the molecule is C.C.C/C=C/C.C/C=C/C.C/C=C/C.C=CC.C=C[B-](F)(F)F.CB(O)O.CC.CC.CC.CC.CC.CC.CC.CC.CC.CC.CC(Cl)(Cl)Cl.CCCC.CCOC.[3H]PC.[3H]PC.[3H]PC.[3H]PC.[3H]PC.[3H]PC.[3H]PC.[3H]PC.[3H]PC.[3H]PC.[3H]PC.[3H]PC.[K+].[W].[W].[W].[W].[W].[W].[W].[W].[W].[W].[W].[W]. The molecule has 0 radical (unpaired) electrons. The van der Waals surface area contributed by atoms with Crippen molar-refractivity contribution in [1.29, 1.82) is 15.3 Å². The zero-order valence-electron chi connectivity index (χ0n) is 82.3. The van der Waals surface area contributed by atoms with E-state index in [4.69, 9.17) is 60.2 Å². The van der Waals surface area contributed by atoms with Crippen LogP contribution in [0.1, 0.15) is 242 Å². The van der Waals surface area contributed by atoms with E-state index in [1.54, 1.807) is 13.2 Å². The minimum absolute atomic E-state index is 0. The number of alkyl halides is 3. The van der Waals surface area contributed by atoms with E-state index in [1.807, 2.05) is 310 Å². The van der Waals surface area contributed by atoms with Gasteiger partial charge in [0.25, 0.3) is 0 Å². The normalized spacial score (nSPS) is 7.97. The Labute approximate surface area is 900 Å². The predicted molar refractivity (Wildman–Crippen MR) is 491 cm³/mol. The van der Waals surface area contributed by atoms with E-state index < -0.39 is 17.9 Å². The topological polar surface area (TPSA) is 49.7 Å². The predicted octanol–water partition coefficient (Wildman–Crippen LogP) is 25.8. The first-order valence-electron chi connectivity index (χ1n) is 34.3. The van der Waals surface area contributed by atoms with Gasteiger partial charge in [0.15, 0.2) is 3.79 Å². The average Bonchev–Trinajstić information content (AvgIpc) is 3.56. The average molecular weight is 3800 g/mol. The molecule has 0 aliphatic carbocycles. The molecule has 0 aliphatic rings. The summed E-state index contributed by atoms with van der Waals surface area (Å²) in [5.74, 6) is 0. The molecule has 630 valence electrons. The number of unbranched alkanes of at least 4 members (excludes halogenated alkanes) is 1. The molecule has 36 heteroatoms. The van der Waals surface area contributed by atoms with Crippen molar-refractivity contribution in [3.05, 3.63) is 61.7 Å². The monoisotopic (exact) mass is 3790 g/mol. The van der Waals surface area contributed by atoms with E-state index in [1.165, 1.54) is 26.6 Å². The van der Waals surface area contributed by atoms with E-state index >= 15 is 0 Å². The van der Waals surface area contributed by atoms with Crippen LogP contribution in [-0.2, 0) is 258 Å². The Bertz CT molecular complexity index is 691. The summed E-state index contributed by atoms with van der Waals surface area (Å²) < 4.78 is 110. The van der Waals surface area contributed by atoms with Crippen molar-refractivity contribution in [2.24, 2.45) is 0 Å². The van der Waals surface area contributed by atoms with Crippen LogP contribution in [0.15, 0.2) is 61.7 Å². The van der Waals surface area contributed by atoms with Crippen LogP contribution >= 0.6 is 145 Å². The minimum atomic E-state index is -4.72. The molecule has 0 bridgehead atoms. The molecule has 3 nitrogen and oxygen atoms in total. The van der Waals surface area contributed by atoms with Gasteiger partial charge in [0.05, 0.1) is 15.3 Å². The third-order valence-electron chi connectivity index (χ3n) is 2.06. The molecule has 0 amide bonds. The van der Waals surface area contributed by atoms with Crippen molar-refractivity contribution in [3.8, 4) is 0 Å². The van der Waals surface area contributed by atoms with Crippen LogP contribution in [0.5, 0.6) is 0 Å². The van der Waals surface area contributed by atoms with Gasteiger partial charge < -0.3 is 27.7 Å². The fraction of sp³-hybridized carbons (Fsp3) is 0.836. The zero-order valence-corrected chi connectivity index (χ0v) is 123. The van der Waals surface area contributed by atoms with Crippen molar-refractivity contribution in [2.75, 3.05) is 93.7 Å². The number of halogens is 6. The molecule has 0 saturated heterocycles. The van der Waals surface area contributed by atoms with Crippen LogP contribution in [-0.4, -0.2) is 137 Å². The third kappa shape index (κ3) is 2580. The molecule has 0 fully saturated rings. The summed E-state index contributed by atoms with van der Waals surface area (Å²) in [5, 5.41) is 15.2. The van der Waals surface area contributed by atoms with Gasteiger partial charge in [0.1, 0.15) is 0 Å². The number of ether oxygens (including phenoxy) is 1. The number of rotatable bonds is 3. The van der Waals surface area contributed by atoms with Gasteiger partial charge in [-0.2, -0.15) is 5.98 Å². The molecule has 0 saturated carbocycles. The molecule has 2 N–H and O–H groups in total. The molecule has 0 spiro atoms. The van der Waals surface area contributed by atoms with Crippen molar-refractivity contribution >= 4 is 159 Å². The molecular formula is C61H187B2Cl3F3KO3P12W12. The number of methoxy groups -OCH3 is 1. The first-order valence-corrected chi connectivity index (χ1v) is 41.5. The standard InChI is InChI=1S/C4H10.3C4H8.C3H8O.C3H6.C2H3BF3.C2H3Cl3.10C2H6.CH5BO2.12CH5P.2CH4.K.12W/c5*1-3-4-2;1-3-2;1-2-3(4,5)6;1-2(3,4)5;10*1-2;1-2(3)4;12*1-2;;;;;;;;;;;;;;;/h3-4H2,1-2H3;3*3-4H,1-2H3;3H2,1-2H3;3H,1H2,2H3;2H,1H2;1H3;10*1-2H3;3-4H,1H3;12*2H2,1H3;2*1H4;;;;;;;;;;;;;/q;;;;;;-1;;;;;;;;;;;;;;;;;;;;;;;;;;;+1;;;;;;;;;;;;/b;3*4-3+;;;;;;;;;;;;;;;;;;;;;;;;;;;;;;;;;;;;;;;;;;/i;;;;;;;;;;;;;;;;;;;12*2T;;;;;;;;;;;;;;;. The molecule has 12 unspecified atom stereocenters. The van der Waals surface area contributed by atoms with Crippen LogP contribution in [0.4, 0.5) is 12.9 Å². The maximum absolute atomic E-state index is 10.7. The second-order valence-electron chi connectivity index (χ2n) is 6.26. The van der Waals surface area contributed by atoms with E-state index in [2.05, 4.69) is 31.7 Å². The number of allylic oxidation sites excluding steroid dienone is 7. The summed E-state index contributed by atoms with van der Waals surface area (Å²) in [5.41, 5.74) is 0. The molecule has 0 aromatic rings. The number of hydrogen-bond acceptors (Lipinski definition) is 3. The first-order chi connectivity index (χ1) is 44.2. The molecule has 12 atom stereocenters. The van der Waals surface area contributed by atoms with Crippen LogP contribution in [0, 0.1) is 0 Å². The van der Waals surface area contributed by atoms with Crippen molar-refractivity contribution < 1.29 is 332 Å². The summed E-state index contributed by atoms with van der Waals surface area (Å²) in [6, 6.07) is 0. The minimum Gasteiger partial charge on any atom is -0.445 e. The van der Waals surface area contributed by atoms with Crippen molar-refractivity contribution in [3.63, 3.8) is 0 Å². The van der Waals surface area contributed by atoms with E-state index in [-0.39, 0.29) is 325 Å². The van der Waals surface area contributed by atoms with Crippen LogP contribution in [0.3, 0.4) is 0 Å². The summed E-state index contributed by atoms with van der Waals surface area (Å²) in [7, 11) is 4.51. The Hall–Kier alpha value is 14.4. The van der Waals surface area contributed by atoms with Gasteiger partial charge in [-0.15, -0.1) is 123 Å². The molecule has 0 heterocycles. The van der Waals surface area contributed by atoms with Crippen LogP contribution in [0.25, 0.3) is 0 Å². The second kappa shape index (κ2) is 770. The van der Waals surface area contributed by atoms with Crippen molar-refractivity contribution in [2.45, 2.75) is 253 Å². The summed E-state index contributed by atoms with van der Waals surface area (Å²) in [6.45, 7) is 86.8. The molecule has 97 heavy (non-hydrogen) atoms. The fourth-order valence-corrected chi connectivity index (χ4v) is 0. The van der Waals surface area contributed by atoms with Crippen LogP contribution in [0.2, 0.25) is 6.82 Å². The summed E-state index contributed by atoms with van der Waals surface area (Å²) in [6.07, 6.45) is 16.4. The Balaban J connectivity index is -0.00000000855. The quantitative estimate of drug-likeness (QED) is 0.128. The van der Waals surface area contributed by atoms with Crippen molar-refractivity contribution in [1.82, 2.24) is 0 Å². The summed E-state index contributed by atoms with van der Waals surface area (Å²) in [4.78, 5) is 0. The van der Waals surface area contributed by atoms with E-state index in [0.717, 1.165) is 6.61 Å². The zero-order chi connectivity index (χ0) is 85.5. The Morgan fingerprint density at radius 1 is 0.392 bits per heavy atom.